The van der Waals surface area contributed by atoms with E-state index in [1.54, 1.807) is 12.1 Å². The Hall–Kier alpha value is -1.47. The summed E-state index contributed by atoms with van der Waals surface area (Å²) < 4.78 is 37.6. The van der Waals surface area contributed by atoms with Gasteiger partial charge in [0.15, 0.2) is 0 Å². The van der Waals surface area contributed by atoms with Gasteiger partial charge in [-0.25, -0.2) is 12.8 Å². The van der Waals surface area contributed by atoms with Crippen LogP contribution in [-0.2, 0) is 21.2 Å². The van der Waals surface area contributed by atoms with E-state index in [0.717, 1.165) is 16.1 Å². The van der Waals surface area contributed by atoms with Gasteiger partial charge in [0, 0.05) is 12.1 Å². The second-order valence-electron chi connectivity index (χ2n) is 6.27. The Bertz CT molecular complexity index is 607. The lowest BCUT2D eigenvalue weighted by molar-refractivity contribution is -0.122. The zero-order chi connectivity index (χ0) is 17.0. The van der Waals surface area contributed by atoms with Gasteiger partial charge in [-0.3, -0.25) is 4.79 Å². The third-order valence-electron chi connectivity index (χ3n) is 2.87. The number of nitrogens with zero attached hydrogens (tertiary/aromatic N) is 1. The van der Waals surface area contributed by atoms with Crippen LogP contribution in [-0.4, -0.2) is 43.5 Å². The van der Waals surface area contributed by atoms with Gasteiger partial charge in [0.1, 0.15) is 5.82 Å². The number of nitrogens with one attached hydrogen (secondary N) is 1. The van der Waals surface area contributed by atoms with Crippen LogP contribution in [0.2, 0.25) is 0 Å². The summed E-state index contributed by atoms with van der Waals surface area (Å²) in [5.74, 6) is -0.690. The maximum absolute atomic E-state index is 12.8. The smallest absolute Gasteiger partial charge is 0.235 e. The van der Waals surface area contributed by atoms with Crippen LogP contribution in [0, 0.1) is 5.82 Å². The molecule has 0 radical (unpaired) electrons. The third-order valence-corrected chi connectivity index (χ3v) is 4.12. The molecule has 1 rings (SSSR count). The summed E-state index contributed by atoms with van der Waals surface area (Å²) in [6, 6.07) is 5.86. The Morgan fingerprint density at radius 3 is 2.23 bits per heavy atom. The third kappa shape index (κ3) is 7.00. The fourth-order valence-electron chi connectivity index (χ4n) is 1.88. The van der Waals surface area contributed by atoms with Crippen molar-refractivity contribution in [2.24, 2.45) is 0 Å². The van der Waals surface area contributed by atoms with Crippen molar-refractivity contribution < 1.29 is 17.6 Å². The molecule has 0 aliphatic carbocycles. The maximum Gasteiger partial charge on any atom is 0.235 e. The van der Waals surface area contributed by atoms with Gasteiger partial charge in [0.05, 0.1) is 12.8 Å². The molecule has 0 aromatic heterocycles. The van der Waals surface area contributed by atoms with E-state index in [1.807, 2.05) is 20.8 Å². The standard InChI is InChI=1S/C15H23FN2O3S/c1-15(2,3)17-14(19)11-18(22(4,20)21)10-9-12-5-7-13(16)8-6-12/h5-8H,9-11H2,1-4H3,(H,17,19). The molecule has 0 saturated heterocycles. The van der Waals surface area contributed by atoms with Gasteiger partial charge in [-0.2, -0.15) is 4.31 Å². The Balaban J connectivity index is 2.70. The summed E-state index contributed by atoms with van der Waals surface area (Å²) in [7, 11) is -3.50. The molecular weight excluding hydrogens is 307 g/mol. The lowest BCUT2D eigenvalue weighted by atomic mass is 10.1. The summed E-state index contributed by atoms with van der Waals surface area (Å²) in [4.78, 5) is 11.9. The van der Waals surface area contributed by atoms with E-state index in [1.165, 1.54) is 12.1 Å². The molecule has 5 nitrogen and oxygen atoms in total. The highest BCUT2D eigenvalue weighted by atomic mass is 32.2. The van der Waals surface area contributed by atoms with Gasteiger partial charge < -0.3 is 5.32 Å². The second-order valence-corrected chi connectivity index (χ2v) is 8.25. The molecule has 0 fully saturated rings. The second kappa shape index (κ2) is 7.19. The van der Waals surface area contributed by atoms with Crippen molar-refractivity contribution in [1.29, 1.82) is 0 Å². The van der Waals surface area contributed by atoms with Crippen LogP contribution in [0.5, 0.6) is 0 Å². The number of carbonyl (C=O) groups is 1. The molecule has 1 aromatic rings. The number of benzene rings is 1. The maximum atomic E-state index is 12.8. The molecule has 7 heteroatoms. The first-order chi connectivity index (χ1) is 9.97. The van der Waals surface area contributed by atoms with E-state index in [9.17, 15) is 17.6 Å². The molecule has 1 N–H and O–H groups in total. The predicted octanol–water partition coefficient (Wildman–Crippen LogP) is 1.54. The summed E-state index contributed by atoms with van der Waals surface area (Å²) in [6.07, 6.45) is 1.48. The topological polar surface area (TPSA) is 66.5 Å². The summed E-state index contributed by atoms with van der Waals surface area (Å²) in [6.45, 7) is 5.43. The molecule has 0 saturated carbocycles. The Labute approximate surface area is 131 Å². The highest BCUT2D eigenvalue weighted by Crippen LogP contribution is 2.07. The van der Waals surface area contributed by atoms with Crippen molar-refractivity contribution in [3.8, 4) is 0 Å². The highest BCUT2D eigenvalue weighted by Gasteiger charge is 2.22. The highest BCUT2D eigenvalue weighted by molar-refractivity contribution is 7.88. The molecule has 0 spiro atoms. The monoisotopic (exact) mass is 330 g/mol. The van der Waals surface area contributed by atoms with E-state index in [2.05, 4.69) is 5.32 Å². The quantitative estimate of drug-likeness (QED) is 0.860. The molecule has 124 valence electrons. The summed E-state index contributed by atoms with van der Waals surface area (Å²) in [5.41, 5.74) is 0.392. The summed E-state index contributed by atoms with van der Waals surface area (Å²) >= 11 is 0. The lowest BCUT2D eigenvalue weighted by Crippen LogP contribution is -2.47. The fraction of sp³-hybridized carbons (Fsp3) is 0.533. The van der Waals surface area contributed by atoms with E-state index < -0.39 is 15.6 Å². The molecule has 0 atom stereocenters. The van der Waals surface area contributed by atoms with Crippen LogP contribution in [0.3, 0.4) is 0 Å². The van der Waals surface area contributed by atoms with Gasteiger partial charge in [-0.05, 0) is 44.9 Å². The minimum absolute atomic E-state index is 0.169. The zero-order valence-corrected chi connectivity index (χ0v) is 14.2. The van der Waals surface area contributed by atoms with Crippen LogP contribution in [0.1, 0.15) is 26.3 Å². The van der Waals surface area contributed by atoms with Crippen LogP contribution in [0.25, 0.3) is 0 Å². The lowest BCUT2D eigenvalue weighted by Gasteiger charge is -2.24. The van der Waals surface area contributed by atoms with Crippen LogP contribution < -0.4 is 5.32 Å². The molecule has 0 aliphatic heterocycles. The molecular formula is C15H23FN2O3S. The van der Waals surface area contributed by atoms with Gasteiger partial charge in [0.2, 0.25) is 15.9 Å². The van der Waals surface area contributed by atoms with Gasteiger partial charge in [-0.1, -0.05) is 12.1 Å². The first-order valence-electron chi connectivity index (χ1n) is 6.98. The van der Waals surface area contributed by atoms with E-state index in [0.29, 0.717) is 6.42 Å². The van der Waals surface area contributed by atoms with Crippen molar-refractivity contribution in [3.63, 3.8) is 0 Å². The van der Waals surface area contributed by atoms with Crippen LogP contribution in [0.15, 0.2) is 24.3 Å². The SMILES string of the molecule is CC(C)(C)NC(=O)CN(CCc1ccc(F)cc1)S(C)(=O)=O. The number of amides is 1. The first-order valence-corrected chi connectivity index (χ1v) is 8.83. The van der Waals surface area contributed by atoms with Crippen LogP contribution in [0.4, 0.5) is 4.39 Å². The zero-order valence-electron chi connectivity index (χ0n) is 13.4. The average Bonchev–Trinajstić information content (AvgIpc) is 2.32. The minimum atomic E-state index is -3.50. The molecule has 1 amide bonds. The van der Waals surface area contributed by atoms with Crippen molar-refractivity contribution >= 4 is 15.9 Å². The average molecular weight is 330 g/mol. The normalized spacial score (nSPS) is 12.5. The Kier molecular flexibility index (Phi) is 6.08. The van der Waals surface area contributed by atoms with E-state index in [-0.39, 0.29) is 24.8 Å². The Morgan fingerprint density at radius 1 is 1.23 bits per heavy atom. The molecule has 22 heavy (non-hydrogen) atoms. The van der Waals surface area contributed by atoms with Gasteiger partial charge in [-0.15, -0.1) is 0 Å². The van der Waals surface area contributed by atoms with Gasteiger partial charge >= 0.3 is 0 Å². The fourth-order valence-corrected chi connectivity index (χ4v) is 2.66. The van der Waals surface area contributed by atoms with E-state index in [4.69, 9.17) is 0 Å². The Morgan fingerprint density at radius 2 is 1.77 bits per heavy atom. The number of hydrogen-bond acceptors (Lipinski definition) is 3. The molecule has 0 bridgehead atoms. The van der Waals surface area contributed by atoms with Crippen molar-refractivity contribution in [2.75, 3.05) is 19.3 Å². The number of halogens is 1. The number of sulfonamides is 1. The largest absolute Gasteiger partial charge is 0.350 e. The van der Waals surface area contributed by atoms with Crippen molar-refractivity contribution in [2.45, 2.75) is 32.7 Å². The number of rotatable bonds is 6. The van der Waals surface area contributed by atoms with Crippen LogP contribution >= 0.6 is 0 Å². The first kappa shape index (κ1) is 18.6. The van der Waals surface area contributed by atoms with Crippen molar-refractivity contribution in [1.82, 2.24) is 9.62 Å². The molecule has 0 heterocycles. The number of carbonyl (C=O) groups excluding carboxylic acids is 1. The molecule has 0 aliphatic rings. The predicted molar refractivity (Wildman–Crippen MR) is 84.4 cm³/mol. The molecule has 1 aromatic carbocycles. The van der Waals surface area contributed by atoms with Crippen molar-refractivity contribution in [3.05, 3.63) is 35.6 Å². The summed E-state index contributed by atoms with van der Waals surface area (Å²) in [5, 5.41) is 2.73. The minimum Gasteiger partial charge on any atom is -0.350 e. The van der Waals surface area contributed by atoms with Gasteiger partial charge in [0.25, 0.3) is 0 Å². The number of hydrogen-bond donors (Lipinski definition) is 1. The molecule has 0 unspecified atom stereocenters. The van der Waals surface area contributed by atoms with E-state index >= 15 is 0 Å².